The number of fused-ring (bicyclic) bond motifs is 1. The monoisotopic (exact) mass is 216 g/mol. The van der Waals surface area contributed by atoms with Crippen molar-refractivity contribution in [3.63, 3.8) is 0 Å². The minimum atomic E-state index is 0.503. The third kappa shape index (κ3) is 2.06. The lowest BCUT2D eigenvalue weighted by atomic mass is 10.0. The molecule has 2 nitrogen and oxygen atoms in total. The Morgan fingerprint density at radius 1 is 1.25 bits per heavy atom. The predicted octanol–water partition coefficient (Wildman–Crippen LogP) is 1.83. The zero-order valence-corrected chi connectivity index (χ0v) is 10.1. The van der Waals surface area contributed by atoms with Crippen LogP contribution in [0.15, 0.2) is 12.1 Å². The molecule has 1 aromatic carbocycles. The second-order valence-electron chi connectivity index (χ2n) is 4.47. The summed E-state index contributed by atoms with van der Waals surface area (Å²) >= 11 is 0. The van der Waals surface area contributed by atoms with Crippen LogP contribution < -0.4 is 21.5 Å². The Labute approximate surface area is 96.9 Å². The zero-order valence-electron chi connectivity index (χ0n) is 10.1. The Kier molecular flexibility index (Phi) is 3.18. The molecule has 1 aromatic rings. The average molecular weight is 216 g/mol. The van der Waals surface area contributed by atoms with Crippen molar-refractivity contribution in [2.75, 3.05) is 11.1 Å². The minimum absolute atomic E-state index is 0.503. The quantitative estimate of drug-likeness (QED) is 0.757. The van der Waals surface area contributed by atoms with Gasteiger partial charge in [0.15, 0.2) is 0 Å². The van der Waals surface area contributed by atoms with Gasteiger partial charge in [-0.1, -0.05) is 19.1 Å². The van der Waals surface area contributed by atoms with Gasteiger partial charge in [-0.2, -0.15) is 0 Å². The van der Waals surface area contributed by atoms with Gasteiger partial charge < -0.3 is 11.1 Å². The van der Waals surface area contributed by atoms with E-state index in [1.807, 2.05) is 6.07 Å². The van der Waals surface area contributed by atoms with Crippen molar-refractivity contribution in [3.05, 3.63) is 22.6 Å². The van der Waals surface area contributed by atoms with Crippen LogP contribution in [0.5, 0.6) is 0 Å². The van der Waals surface area contributed by atoms with Gasteiger partial charge in [0.05, 0.1) is 0 Å². The van der Waals surface area contributed by atoms with E-state index >= 15 is 0 Å². The maximum atomic E-state index is 5.99. The van der Waals surface area contributed by atoms with Crippen LogP contribution in [0.1, 0.15) is 33.1 Å². The Balaban J connectivity index is 2.49. The molecule has 0 spiro atoms. The molecule has 1 aliphatic rings. The highest BCUT2D eigenvalue weighted by molar-refractivity contribution is 5.61. The van der Waals surface area contributed by atoms with Gasteiger partial charge in [0.1, 0.15) is 0 Å². The molecule has 0 saturated carbocycles. The van der Waals surface area contributed by atoms with Crippen LogP contribution in [0.3, 0.4) is 0 Å². The third-order valence-corrected chi connectivity index (χ3v) is 3.20. The van der Waals surface area contributed by atoms with E-state index in [9.17, 15) is 0 Å². The standard InChI is InChI=1S/C14H20N2/c1-3-10(2)16-14-9-8-13(15)11-6-4-5-7-12(11)14/h6-10,16H,3-5,15H2,1-2H3. The highest BCUT2D eigenvalue weighted by atomic mass is 14.9. The Hall–Kier alpha value is -1.44. The van der Waals surface area contributed by atoms with Gasteiger partial charge in [0, 0.05) is 27.9 Å². The number of benzene rings is 1. The summed E-state index contributed by atoms with van der Waals surface area (Å²) in [5.41, 5.74) is 8.10. The van der Waals surface area contributed by atoms with Crippen LogP contribution >= 0.6 is 0 Å². The number of hydrogen-bond donors (Lipinski definition) is 2. The third-order valence-electron chi connectivity index (χ3n) is 3.20. The molecule has 0 aromatic heterocycles. The fourth-order valence-electron chi connectivity index (χ4n) is 2.05. The maximum absolute atomic E-state index is 5.99. The van der Waals surface area contributed by atoms with E-state index in [1.54, 1.807) is 0 Å². The summed E-state index contributed by atoms with van der Waals surface area (Å²) in [7, 11) is 0. The SMILES string of the molecule is CCC(C)Nc1ccc(N)c2c1=CCCC=2. The van der Waals surface area contributed by atoms with E-state index in [0.717, 1.165) is 24.9 Å². The molecule has 0 heterocycles. The number of nitrogens with one attached hydrogen (secondary N) is 1. The van der Waals surface area contributed by atoms with Gasteiger partial charge in [-0.25, -0.2) is 0 Å². The number of rotatable bonds is 3. The molecule has 1 aliphatic carbocycles. The lowest BCUT2D eigenvalue weighted by Gasteiger charge is -2.16. The Bertz CT molecular complexity index is 488. The Morgan fingerprint density at radius 2 is 1.94 bits per heavy atom. The summed E-state index contributed by atoms with van der Waals surface area (Å²) in [5, 5.41) is 6.03. The van der Waals surface area contributed by atoms with Gasteiger partial charge >= 0.3 is 0 Å². The molecule has 2 heteroatoms. The summed E-state index contributed by atoms with van der Waals surface area (Å²) < 4.78 is 0. The summed E-state index contributed by atoms with van der Waals surface area (Å²) in [6, 6.07) is 4.60. The van der Waals surface area contributed by atoms with E-state index in [-0.39, 0.29) is 0 Å². The first-order valence-corrected chi connectivity index (χ1v) is 6.07. The van der Waals surface area contributed by atoms with Crippen molar-refractivity contribution in [2.24, 2.45) is 0 Å². The molecule has 16 heavy (non-hydrogen) atoms. The van der Waals surface area contributed by atoms with Gasteiger partial charge in [-0.3, -0.25) is 0 Å². The average Bonchev–Trinajstić information content (AvgIpc) is 2.33. The van der Waals surface area contributed by atoms with E-state index in [1.165, 1.54) is 16.1 Å². The van der Waals surface area contributed by atoms with Crippen LogP contribution in [-0.2, 0) is 0 Å². The number of anilines is 2. The molecular formula is C14H20N2. The second-order valence-corrected chi connectivity index (χ2v) is 4.47. The van der Waals surface area contributed by atoms with Crippen LogP contribution in [0.4, 0.5) is 11.4 Å². The molecule has 0 saturated heterocycles. The van der Waals surface area contributed by atoms with Crippen LogP contribution in [0.25, 0.3) is 12.2 Å². The smallest absolute Gasteiger partial charge is 0.0420 e. The molecule has 0 radical (unpaired) electrons. The summed E-state index contributed by atoms with van der Waals surface area (Å²) in [6.45, 7) is 4.40. The number of hydrogen-bond acceptors (Lipinski definition) is 2. The highest BCUT2D eigenvalue weighted by Gasteiger charge is 2.05. The molecule has 86 valence electrons. The van der Waals surface area contributed by atoms with E-state index < -0.39 is 0 Å². The molecule has 0 bridgehead atoms. The highest BCUT2D eigenvalue weighted by Crippen LogP contribution is 2.08. The molecule has 3 N–H and O–H groups in total. The first-order valence-electron chi connectivity index (χ1n) is 6.07. The van der Waals surface area contributed by atoms with Crippen molar-refractivity contribution in [1.82, 2.24) is 0 Å². The number of nitrogens with two attached hydrogens (primary N) is 1. The first kappa shape index (κ1) is 11.1. The largest absolute Gasteiger partial charge is 0.398 e. The normalized spacial score (nSPS) is 15.6. The fraction of sp³-hybridized carbons (Fsp3) is 0.429. The lowest BCUT2D eigenvalue weighted by molar-refractivity contribution is 0.763. The summed E-state index contributed by atoms with van der Waals surface area (Å²) in [6.07, 6.45) is 7.88. The molecule has 1 atom stereocenters. The zero-order chi connectivity index (χ0) is 11.5. The van der Waals surface area contributed by atoms with Gasteiger partial charge in [-0.15, -0.1) is 0 Å². The van der Waals surface area contributed by atoms with Crippen molar-refractivity contribution >= 4 is 23.5 Å². The molecular weight excluding hydrogens is 196 g/mol. The van der Waals surface area contributed by atoms with E-state index in [2.05, 4.69) is 37.4 Å². The molecule has 1 unspecified atom stereocenters. The predicted molar refractivity (Wildman–Crippen MR) is 71.6 cm³/mol. The van der Waals surface area contributed by atoms with Crippen molar-refractivity contribution in [2.45, 2.75) is 39.2 Å². The topological polar surface area (TPSA) is 38.0 Å². The Morgan fingerprint density at radius 3 is 2.62 bits per heavy atom. The fourth-order valence-corrected chi connectivity index (χ4v) is 2.05. The molecule has 0 aliphatic heterocycles. The van der Waals surface area contributed by atoms with Gasteiger partial charge in [0.2, 0.25) is 0 Å². The number of nitrogen functional groups attached to an aromatic ring is 1. The van der Waals surface area contributed by atoms with Crippen LogP contribution in [0.2, 0.25) is 0 Å². The van der Waals surface area contributed by atoms with Gasteiger partial charge in [0.25, 0.3) is 0 Å². The van der Waals surface area contributed by atoms with Gasteiger partial charge in [-0.05, 0) is 38.3 Å². The molecule has 0 fully saturated rings. The van der Waals surface area contributed by atoms with E-state index in [4.69, 9.17) is 5.73 Å². The van der Waals surface area contributed by atoms with Crippen molar-refractivity contribution in [1.29, 1.82) is 0 Å². The molecule has 2 rings (SSSR count). The lowest BCUT2D eigenvalue weighted by Crippen LogP contribution is -2.33. The maximum Gasteiger partial charge on any atom is 0.0420 e. The van der Waals surface area contributed by atoms with Crippen molar-refractivity contribution < 1.29 is 0 Å². The summed E-state index contributed by atoms with van der Waals surface area (Å²) in [4.78, 5) is 0. The summed E-state index contributed by atoms with van der Waals surface area (Å²) in [5.74, 6) is 0. The minimum Gasteiger partial charge on any atom is -0.398 e. The van der Waals surface area contributed by atoms with E-state index in [0.29, 0.717) is 6.04 Å². The van der Waals surface area contributed by atoms with Crippen molar-refractivity contribution in [3.8, 4) is 0 Å². The molecule has 0 amide bonds. The van der Waals surface area contributed by atoms with Crippen LogP contribution in [-0.4, -0.2) is 6.04 Å². The second kappa shape index (κ2) is 4.60. The van der Waals surface area contributed by atoms with Crippen LogP contribution in [0, 0.1) is 0 Å². The first-order chi connectivity index (χ1) is 7.72.